The third-order valence-electron chi connectivity index (χ3n) is 4.40. The van der Waals surface area contributed by atoms with Gasteiger partial charge in [-0.25, -0.2) is 0 Å². The second kappa shape index (κ2) is 4.63. The van der Waals surface area contributed by atoms with Gasteiger partial charge in [0.1, 0.15) is 11.6 Å². The zero-order chi connectivity index (χ0) is 12.7. The second-order valence-corrected chi connectivity index (χ2v) is 5.84. The Hall–Kier alpha value is -0.940. The normalized spacial score (nSPS) is 29.7. The van der Waals surface area contributed by atoms with Gasteiger partial charge in [0.2, 0.25) is 0 Å². The number of rotatable bonds is 3. The van der Waals surface area contributed by atoms with Crippen LogP contribution in [0.3, 0.4) is 0 Å². The highest BCUT2D eigenvalue weighted by Crippen LogP contribution is 2.22. The predicted molar refractivity (Wildman–Crippen MR) is 70.4 cm³/mol. The molecule has 0 amide bonds. The largest absolute Gasteiger partial charge is 0.314 e. The average Bonchev–Trinajstić information content (AvgIpc) is 2.95. The lowest BCUT2D eigenvalue weighted by atomic mass is 10.1. The summed E-state index contributed by atoms with van der Waals surface area (Å²) >= 11 is 0. The molecule has 100 valence electrons. The molecule has 5 nitrogen and oxygen atoms in total. The number of hydrogen-bond donors (Lipinski definition) is 1. The van der Waals surface area contributed by atoms with Crippen molar-refractivity contribution < 1.29 is 0 Å². The molecule has 1 saturated heterocycles. The maximum atomic E-state index is 4.35. The first kappa shape index (κ1) is 12.1. The Morgan fingerprint density at radius 2 is 2.22 bits per heavy atom. The Bertz CT molecular complexity index is 417. The first-order valence-electron chi connectivity index (χ1n) is 7.03. The maximum Gasteiger partial charge on any atom is 0.149 e. The molecule has 0 radical (unpaired) electrons. The van der Waals surface area contributed by atoms with Gasteiger partial charge in [-0.15, -0.1) is 10.2 Å². The van der Waals surface area contributed by atoms with E-state index in [1.165, 1.54) is 12.8 Å². The van der Waals surface area contributed by atoms with Crippen molar-refractivity contribution in [2.24, 2.45) is 0 Å². The first-order chi connectivity index (χ1) is 8.65. The molecule has 3 unspecified atom stereocenters. The van der Waals surface area contributed by atoms with Gasteiger partial charge in [-0.3, -0.25) is 0 Å². The summed E-state index contributed by atoms with van der Waals surface area (Å²) in [5.41, 5.74) is 0. The molecular weight excluding hydrogens is 226 g/mol. The number of likely N-dealkylation sites (N-methyl/N-ethyl adjacent to an activating group) is 1. The lowest BCUT2D eigenvalue weighted by molar-refractivity contribution is 0.324. The zero-order valence-electron chi connectivity index (χ0n) is 11.6. The molecule has 0 saturated carbocycles. The number of aromatic nitrogens is 3. The molecule has 2 aliphatic heterocycles. The van der Waals surface area contributed by atoms with Gasteiger partial charge < -0.3 is 14.8 Å². The zero-order valence-corrected chi connectivity index (χ0v) is 11.6. The molecule has 0 bridgehead atoms. The van der Waals surface area contributed by atoms with Gasteiger partial charge in [0.15, 0.2) is 0 Å². The lowest BCUT2D eigenvalue weighted by Gasteiger charge is -2.19. The summed E-state index contributed by atoms with van der Waals surface area (Å²) in [6.07, 6.45) is 3.53. The van der Waals surface area contributed by atoms with E-state index in [1.54, 1.807) is 0 Å². The topological polar surface area (TPSA) is 46.0 Å². The van der Waals surface area contributed by atoms with Crippen LogP contribution < -0.4 is 5.32 Å². The quantitative estimate of drug-likeness (QED) is 0.867. The van der Waals surface area contributed by atoms with Gasteiger partial charge in [0.05, 0.1) is 6.04 Å². The molecule has 3 heterocycles. The van der Waals surface area contributed by atoms with Crippen LogP contribution in [0.1, 0.15) is 44.4 Å². The van der Waals surface area contributed by atoms with Crippen LogP contribution in [0.15, 0.2) is 0 Å². The van der Waals surface area contributed by atoms with E-state index in [4.69, 9.17) is 0 Å². The van der Waals surface area contributed by atoms with E-state index in [0.717, 1.165) is 31.2 Å². The summed E-state index contributed by atoms with van der Waals surface area (Å²) in [7, 11) is 2.20. The van der Waals surface area contributed by atoms with Crippen LogP contribution in [0, 0.1) is 0 Å². The fourth-order valence-corrected chi connectivity index (χ4v) is 3.24. The number of fused-ring (bicyclic) bond motifs is 1. The van der Waals surface area contributed by atoms with E-state index in [2.05, 4.69) is 45.9 Å². The lowest BCUT2D eigenvalue weighted by Crippen LogP contribution is -2.34. The van der Waals surface area contributed by atoms with Crippen LogP contribution in [0.25, 0.3) is 0 Å². The number of nitrogens with zero attached hydrogens (tertiary/aromatic N) is 4. The van der Waals surface area contributed by atoms with Crippen molar-refractivity contribution in [1.82, 2.24) is 25.0 Å². The van der Waals surface area contributed by atoms with Crippen molar-refractivity contribution in [1.29, 1.82) is 0 Å². The van der Waals surface area contributed by atoms with E-state index >= 15 is 0 Å². The average molecular weight is 249 g/mol. The molecule has 3 rings (SSSR count). The number of likely N-dealkylation sites (tertiary alicyclic amines) is 1. The van der Waals surface area contributed by atoms with E-state index in [0.29, 0.717) is 18.1 Å². The smallest absolute Gasteiger partial charge is 0.149 e. The monoisotopic (exact) mass is 249 g/mol. The summed E-state index contributed by atoms with van der Waals surface area (Å²) < 4.78 is 2.29. The van der Waals surface area contributed by atoms with E-state index < -0.39 is 0 Å². The minimum Gasteiger partial charge on any atom is -0.314 e. The minimum atomic E-state index is 0.299. The molecular formula is C13H23N5. The molecule has 3 atom stereocenters. The van der Waals surface area contributed by atoms with Crippen molar-refractivity contribution >= 4 is 0 Å². The number of nitrogens with one attached hydrogen (secondary N) is 1. The molecule has 0 aromatic carbocycles. The summed E-state index contributed by atoms with van der Waals surface area (Å²) in [5, 5.41) is 12.3. The van der Waals surface area contributed by atoms with Crippen LogP contribution in [0.4, 0.5) is 0 Å². The highest BCUT2D eigenvalue weighted by Gasteiger charge is 2.29. The Kier molecular flexibility index (Phi) is 3.11. The van der Waals surface area contributed by atoms with E-state index in [-0.39, 0.29) is 0 Å². The highest BCUT2D eigenvalue weighted by atomic mass is 15.3. The SMILES string of the molecule is CC(NC1CC(C)N(C)C1)c1nnc2n1CCC2. The van der Waals surface area contributed by atoms with Gasteiger partial charge in [-0.05, 0) is 33.7 Å². The molecule has 1 fully saturated rings. The Morgan fingerprint density at radius 3 is 2.94 bits per heavy atom. The van der Waals surface area contributed by atoms with E-state index in [9.17, 15) is 0 Å². The molecule has 5 heteroatoms. The van der Waals surface area contributed by atoms with Crippen LogP contribution in [-0.2, 0) is 13.0 Å². The Labute approximate surface area is 109 Å². The van der Waals surface area contributed by atoms with Crippen molar-refractivity contribution in [2.45, 2.75) is 57.8 Å². The minimum absolute atomic E-state index is 0.299. The summed E-state index contributed by atoms with van der Waals surface area (Å²) in [5.74, 6) is 2.28. The van der Waals surface area contributed by atoms with Gasteiger partial charge in [0, 0.05) is 31.6 Å². The summed E-state index contributed by atoms with van der Waals surface area (Å²) in [6.45, 7) is 6.72. The molecule has 2 aliphatic rings. The third kappa shape index (κ3) is 2.06. The predicted octanol–water partition coefficient (Wildman–Crippen LogP) is 0.967. The first-order valence-corrected chi connectivity index (χ1v) is 7.03. The highest BCUT2D eigenvalue weighted by molar-refractivity contribution is 5.05. The second-order valence-electron chi connectivity index (χ2n) is 5.84. The maximum absolute atomic E-state index is 4.35. The van der Waals surface area contributed by atoms with Crippen LogP contribution in [-0.4, -0.2) is 45.3 Å². The fraction of sp³-hybridized carbons (Fsp3) is 0.846. The van der Waals surface area contributed by atoms with Crippen molar-refractivity contribution in [2.75, 3.05) is 13.6 Å². The molecule has 1 aromatic rings. The molecule has 1 aromatic heterocycles. The van der Waals surface area contributed by atoms with Crippen molar-refractivity contribution in [3.05, 3.63) is 11.6 Å². The van der Waals surface area contributed by atoms with Crippen molar-refractivity contribution in [3.8, 4) is 0 Å². The van der Waals surface area contributed by atoms with Crippen LogP contribution in [0.5, 0.6) is 0 Å². The van der Waals surface area contributed by atoms with Crippen molar-refractivity contribution in [3.63, 3.8) is 0 Å². The van der Waals surface area contributed by atoms with E-state index in [1.807, 2.05) is 0 Å². The molecule has 18 heavy (non-hydrogen) atoms. The van der Waals surface area contributed by atoms with Crippen LogP contribution in [0.2, 0.25) is 0 Å². The molecule has 0 aliphatic carbocycles. The van der Waals surface area contributed by atoms with Crippen LogP contribution >= 0.6 is 0 Å². The summed E-state index contributed by atoms with van der Waals surface area (Å²) in [6, 6.07) is 1.56. The molecule has 1 N–H and O–H groups in total. The summed E-state index contributed by atoms with van der Waals surface area (Å²) in [4.78, 5) is 2.42. The number of hydrogen-bond acceptors (Lipinski definition) is 4. The van der Waals surface area contributed by atoms with Gasteiger partial charge in [-0.1, -0.05) is 0 Å². The van der Waals surface area contributed by atoms with Gasteiger partial charge >= 0.3 is 0 Å². The fourth-order valence-electron chi connectivity index (χ4n) is 3.24. The third-order valence-corrected chi connectivity index (χ3v) is 4.40. The van der Waals surface area contributed by atoms with Gasteiger partial charge in [0.25, 0.3) is 0 Å². The molecule has 0 spiro atoms. The standard InChI is InChI=1S/C13H23N5/c1-9-7-11(8-17(9)3)14-10(2)13-16-15-12-5-4-6-18(12)13/h9-11,14H,4-8H2,1-3H3. The van der Waals surface area contributed by atoms with Gasteiger partial charge in [-0.2, -0.15) is 0 Å². The number of aryl methyl sites for hydroxylation is 1. The Morgan fingerprint density at radius 1 is 1.39 bits per heavy atom. The Balaban J connectivity index is 1.66.